The Hall–Kier alpha value is -2.65. The van der Waals surface area contributed by atoms with E-state index in [2.05, 4.69) is 27.7 Å². The highest BCUT2D eigenvalue weighted by molar-refractivity contribution is 7.99. The molecule has 2 aromatic rings. The number of amides is 1. The van der Waals surface area contributed by atoms with Gasteiger partial charge in [0.05, 0.1) is 35.4 Å². The first-order valence-electron chi connectivity index (χ1n) is 9.74. The molecular formula is C22H26N4OS. The van der Waals surface area contributed by atoms with Crippen molar-refractivity contribution >= 4 is 34.7 Å². The Morgan fingerprint density at radius 2 is 1.68 bits per heavy atom. The summed E-state index contributed by atoms with van der Waals surface area (Å²) in [6.45, 7) is 2.32. The van der Waals surface area contributed by atoms with Gasteiger partial charge in [-0.15, -0.1) is 11.8 Å². The topological polar surface area (TPSA) is 68.2 Å². The molecule has 0 atom stereocenters. The summed E-state index contributed by atoms with van der Waals surface area (Å²) in [5.74, 6) is 0.254. The number of thioether (sulfide) groups is 1. The summed E-state index contributed by atoms with van der Waals surface area (Å²) in [6.07, 6.45) is 5.01. The van der Waals surface area contributed by atoms with E-state index in [0.29, 0.717) is 5.75 Å². The second-order valence-electron chi connectivity index (χ2n) is 6.76. The number of carbonyl (C=O) groups is 1. The SMILES string of the molecule is N#CCSc1ccccc1NC(=O)CNc1ccccc1N1CCCCCC1. The molecule has 0 bridgehead atoms. The van der Waals surface area contributed by atoms with Gasteiger partial charge in [0.25, 0.3) is 0 Å². The molecule has 6 heteroatoms. The molecule has 28 heavy (non-hydrogen) atoms. The molecule has 2 N–H and O–H groups in total. The lowest BCUT2D eigenvalue weighted by Gasteiger charge is -2.25. The predicted molar refractivity (Wildman–Crippen MR) is 117 cm³/mol. The van der Waals surface area contributed by atoms with Crippen molar-refractivity contribution in [1.29, 1.82) is 5.26 Å². The molecule has 2 aromatic carbocycles. The Morgan fingerprint density at radius 1 is 1.00 bits per heavy atom. The van der Waals surface area contributed by atoms with Crippen molar-refractivity contribution in [3.63, 3.8) is 0 Å². The molecule has 0 radical (unpaired) electrons. The van der Waals surface area contributed by atoms with Crippen molar-refractivity contribution in [3.05, 3.63) is 48.5 Å². The molecule has 1 heterocycles. The Kier molecular flexibility index (Phi) is 7.62. The van der Waals surface area contributed by atoms with E-state index in [-0.39, 0.29) is 12.5 Å². The Morgan fingerprint density at radius 3 is 2.43 bits per heavy atom. The molecule has 146 valence electrons. The van der Waals surface area contributed by atoms with Crippen LogP contribution in [0.1, 0.15) is 25.7 Å². The number of rotatable bonds is 7. The molecule has 0 spiro atoms. The zero-order valence-corrected chi connectivity index (χ0v) is 16.8. The zero-order chi connectivity index (χ0) is 19.6. The van der Waals surface area contributed by atoms with E-state index in [9.17, 15) is 4.79 Å². The molecule has 1 aliphatic heterocycles. The van der Waals surface area contributed by atoms with Crippen molar-refractivity contribution in [3.8, 4) is 6.07 Å². The largest absolute Gasteiger partial charge is 0.374 e. The Bertz CT molecular complexity index is 825. The van der Waals surface area contributed by atoms with Gasteiger partial charge < -0.3 is 15.5 Å². The lowest BCUT2D eigenvalue weighted by atomic mass is 10.2. The van der Waals surface area contributed by atoms with Gasteiger partial charge in [0.2, 0.25) is 5.91 Å². The monoisotopic (exact) mass is 394 g/mol. The Balaban J connectivity index is 1.62. The van der Waals surface area contributed by atoms with E-state index in [4.69, 9.17) is 5.26 Å². The first kappa shape index (κ1) is 20.1. The number of anilines is 3. The highest BCUT2D eigenvalue weighted by atomic mass is 32.2. The highest BCUT2D eigenvalue weighted by Gasteiger charge is 2.14. The van der Waals surface area contributed by atoms with Gasteiger partial charge in [-0.25, -0.2) is 0 Å². The van der Waals surface area contributed by atoms with Gasteiger partial charge in [0.1, 0.15) is 0 Å². The van der Waals surface area contributed by atoms with Gasteiger partial charge in [-0.05, 0) is 37.1 Å². The fourth-order valence-corrected chi connectivity index (χ4v) is 4.06. The van der Waals surface area contributed by atoms with Crippen LogP contribution >= 0.6 is 11.8 Å². The minimum atomic E-state index is -0.101. The minimum Gasteiger partial charge on any atom is -0.374 e. The van der Waals surface area contributed by atoms with Crippen molar-refractivity contribution in [2.75, 3.05) is 40.9 Å². The molecule has 0 unspecified atom stereocenters. The molecule has 0 saturated carbocycles. The molecule has 1 amide bonds. The van der Waals surface area contributed by atoms with Crippen molar-refractivity contribution < 1.29 is 4.79 Å². The van der Waals surface area contributed by atoms with Crippen LogP contribution in [-0.2, 0) is 4.79 Å². The van der Waals surface area contributed by atoms with Gasteiger partial charge in [-0.1, -0.05) is 37.1 Å². The molecule has 1 saturated heterocycles. The van der Waals surface area contributed by atoms with E-state index in [1.165, 1.54) is 43.1 Å². The molecule has 1 fully saturated rings. The summed E-state index contributed by atoms with van der Waals surface area (Å²) in [6, 6.07) is 17.9. The molecule has 0 aromatic heterocycles. The maximum Gasteiger partial charge on any atom is 0.243 e. The number of hydrogen-bond acceptors (Lipinski definition) is 5. The lowest BCUT2D eigenvalue weighted by molar-refractivity contribution is -0.114. The summed E-state index contributed by atoms with van der Waals surface area (Å²) >= 11 is 1.42. The number of para-hydroxylation sites is 3. The molecule has 0 aliphatic carbocycles. The van der Waals surface area contributed by atoms with Crippen LogP contribution in [0.5, 0.6) is 0 Å². The van der Waals surface area contributed by atoms with E-state index in [0.717, 1.165) is 29.4 Å². The van der Waals surface area contributed by atoms with Crippen molar-refractivity contribution in [2.24, 2.45) is 0 Å². The third-order valence-electron chi connectivity index (χ3n) is 4.74. The van der Waals surface area contributed by atoms with Crippen LogP contribution in [0.25, 0.3) is 0 Å². The van der Waals surface area contributed by atoms with Gasteiger partial charge in [0, 0.05) is 18.0 Å². The summed E-state index contributed by atoms with van der Waals surface area (Å²) in [4.78, 5) is 15.8. The number of nitriles is 1. The van der Waals surface area contributed by atoms with Crippen LogP contribution < -0.4 is 15.5 Å². The summed E-state index contributed by atoms with van der Waals surface area (Å²) in [5, 5.41) is 15.0. The minimum absolute atomic E-state index is 0.101. The average Bonchev–Trinajstić information content (AvgIpc) is 3.01. The maximum absolute atomic E-state index is 12.5. The number of nitrogens with one attached hydrogen (secondary N) is 2. The smallest absolute Gasteiger partial charge is 0.243 e. The lowest BCUT2D eigenvalue weighted by Crippen LogP contribution is -2.26. The Labute approximate surface area is 171 Å². The summed E-state index contributed by atoms with van der Waals surface area (Å²) < 4.78 is 0. The maximum atomic E-state index is 12.5. The third kappa shape index (κ3) is 5.67. The molecule has 1 aliphatic rings. The number of nitrogens with zero attached hydrogens (tertiary/aromatic N) is 2. The van der Waals surface area contributed by atoms with Gasteiger partial charge in [0.15, 0.2) is 0 Å². The second kappa shape index (κ2) is 10.6. The normalized spacial score (nSPS) is 14.0. The van der Waals surface area contributed by atoms with E-state index in [1.807, 2.05) is 42.5 Å². The fourth-order valence-electron chi connectivity index (χ4n) is 3.39. The first-order chi connectivity index (χ1) is 13.8. The predicted octanol–water partition coefficient (Wildman–Crippen LogP) is 4.73. The van der Waals surface area contributed by atoms with Crippen LogP contribution in [0.15, 0.2) is 53.4 Å². The average molecular weight is 395 g/mol. The molecular weight excluding hydrogens is 368 g/mol. The van der Waals surface area contributed by atoms with Crippen LogP contribution in [-0.4, -0.2) is 31.3 Å². The van der Waals surface area contributed by atoms with Crippen LogP contribution in [0, 0.1) is 11.3 Å². The van der Waals surface area contributed by atoms with Crippen molar-refractivity contribution in [1.82, 2.24) is 0 Å². The van der Waals surface area contributed by atoms with E-state index in [1.54, 1.807) is 0 Å². The number of carbonyl (C=O) groups excluding carboxylic acids is 1. The van der Waals surface area contributed by atoms with Gasteiger partial charge in [-0.3, -0.25) is 4.79 Å². The fraction of sp³-hybridized carbons (Fsp3) is 0.364. The highest BCUT2D eigenvalue weighted by Crippen LogP contribution is 2.28. The quantitative estimate of drug-likeness (QED) is 0.664. The van der Waals surface area contributed by atoms with Crippen LogP contribution in [0.2, 0.25) is 0 Å². The standard InChI is InChI=1S/C22H26N4OS/c23-13-16-28-21-12-6-4-10-19(21)25-22(27)17-24-18-9-3-5-11-20(18)26-14-7-1-2-8-15-26/h3-6,9-12,24H,1-2,7-8,14-17H2,(H,25,27). The van der Waals surface area contributed by atoms with Gasteiger partial charge >= 0.3 is 0 Å². The number of hydrogen-bond donors (Lipinski definition) is 2. The molecule has 3 rings (SSSR count). The van der Waals surface area contributed by atoms with Gasteiger partial charge in [-0.2, -0.15) is 5.26 Å². The van der Waals surface area contributed by atoms with Crippen LogP contribution in [0.4, 0.5) is 17.1 Å². The zero-order valence-electron chi connectivity index (χ0n) is 16.0. The van der Waals surface area contributed by atoms with Crippen LogP contribution in [0.3, 0.4) is 0 Å². The van der Waals surface area contributed by atoms with E-state index >= 15 is 0 Å². The number of benzene rings is 2. The van der Waals surface area contributed by atoms with Crippen molar-refractivity contribution in [2.45, 2.75) is 30.6 Å². The summed E-state index contributed by atoms with van der Waals surface area (Å²) in [5.41, 5.74) is 2.91. The third-order valence-corrected chi connectivity index (χ3v) is 5.68. The first-order valence-corrected chi connectivity index (χ1v) is 10.7. The second-order valence-corrected chi connectivity index (χ2v) is 7.78. The summed E-state index contributed by atoms with van der Waals surface area (Å²) in [7, 11) is 0. The van der Waals surface area contributed by atoms with E-state index < -0.39 is 0 Å². The molecule has 5 nitrogen and oxygen atoms in total.